The molecular weight excluding hydrogens is 328 g/mol. The zero-order valence-electron chi connectivity index (χ0n) is 13.6. The molecule has 1 amide bonds. The minimum Gasteiger partial charge on any atom is -0.484 e. The molecule has 2 aromatic rings. The zero-order valence-corrected chi connectivity index (χ0v) is 14.4. The molecule has 0 aliphatic carbocycles. The van der Waals surface area contributed by atoms with Crippen molar-refractivity contribution >= 4 is 17.5 Å². The molecule has 0 unspecified atom stereocenters. The standard InChI is InChI=1S/C18H21ClN2O3/c1-2-14-4-7-16(8-5-14)24-13-17(22)20-10-3-11-21-12-15(19)6-9-18(21)23/h4-9,12H,2-3,10-11,13H2,1H3,(H,20,22). The van der Waals surface area contributed by atoms with Gasteiger partial charge in [-0.25, -0.2) is 0 Å². The van der Waals surface area contributed by atoms with Gasteiger partial charge in [-0.05, 0) is 36.6 Å². The number of halogens is 1. The third-order valence-corrected chi connectivity index (χ3v) is 3.77. The van der Waals surface area contributed by atoms with Crippen molar-refractivity contribution in [1.29, 1.82) is 0 Å². The van der Waals surface area contributed by atoms with Gasteiger partial charge in [0.25, 0.3) is 11.5 Å². The average molecular weight is 349 g/mol. The molecule has 2 rings (SSSR count). The first kappa shape index (κ1) is 18.1. The van der Waals surface area contributed by atoms with Crippen LogP contribution in [0, 0.1) is 0 Å². The van der Waals surface area contributed by atoms with E-state index in [1.807, 2.05) is 24.3 Å². The number of nitrogens with zero attached hydrogens (tertiary/aromatic N) is 1. The lowest BCUT2D eigenvalue weighted by molar-refractivity contribution is -0.123. The summed E-state index contributed by atoms with van der Waals surface area (Å²) in [4.78, 5) is 23.3. The van der Waals surface area contributed by atoms with Gasteiger partial charge in [0.2, 0.25) is 0 Å². The summed E-state index contributed by atoms with van der Waals surface area (Å²) >= 11 is 5.85. The molecule has 0 saturated carbocycles. The summed E-state index contributed by atoms with van der Waals surface area (Å²) in [5.41, 5.74) is 1.12. The summed E-state index contributed by atoms with van der Waals surface area (Å²) in [6.45, 7) is 3.03. The number of carbonyl (C=O) groups excluding carboxylic acids is 1. The number of aryl methyl sites for hydroxylation is 2. The van der Waals surface area contributed by atoms with Crippen LogP contribution < -0.4 is 15.6 Å². The van der Waals surface area contributed by atoms with Gasteiger partial charge in [-0.1, -0.05) is 30.7 Å². The van der Waals surface area contributed by atoms with E-state index < -0.39 is 0 Å². The minimum atomic E-state index is -0.187. The number of pyridine rings is 1. The molecule has 24 heavy (non-hydrogen) atoms. The Kier molecular flexibility index (Phi) is 6.88. The first-order valence-corrected chi connectivity index (χ1v) is 8.30. The molecule has 0 atom stereocenters. The fourth-order valence-electron chi connectivity index (χ4n) is 2.18. The van der Waals surface area contributed by atoms with Crippen molar-refractivity contribution in [3.8, 4) is 5.75 Å². The van der Waals surface area contributed by atoms with E-state index >= 15 is 0 Å². The highest BCUT2D eigenvalue weighted by atomic mass is 35.5. The van der Waals surface area contributed by atoms with Gasteiger partial charge in [-0.15, -0.1) is 0 Å². The molecule has 0 saturated heterocycles. The lowest BCUT2D eigenvalue weighted by atomic mass is 10.2. The fraction of sp³-hybridized carbons (Fsp3) is 0.333. The average Bonchev–Trinajstić information content (AvgIpc) is 2.60. The highest BCUT2D eigenvalue weighted by molar-refractivity contribution is 6.30. The Morgan fingerprint density at radius 1 is 1.21 bits per heavy atom. The van der Waals surface area contributed by atoms with E-state index in [1.165, 1.54) is 16.2 Å². The molecule has 1 aromatic carbocycles. The van der Waals surface area contributed by atoms with Gasteiger partial charge in [-0.3, -0.25) is 9.59 Å². The molecule has 5 nitrogen and oxygen atoms in total. The SMILES string of the molecule is CCc1ccc(OCC(=O)NCCCn2cc(Cl)ccc2=O)cc1. The van der Waals surface area contributed by atoms with Crippen molar-refractivity contribution in [3.63, 3.8) is 0 Å². The topological polar surface area (TPSA) is 60.3 Å². The molecule has 0 aliphatic rings. The number of rotatable bonds is 8. The number of amides is 1. The Morgan fingerprint density at radius 2 is 1.96 bits per heavy atom. The molecule has 1 aromatic heterocycles. The van der Waals surface area contributed by atoms with E-state index in [-0.39, 0.29) is 18.1 Å². The molecule has 0 radical (unpaired) electrons. The first-order chi connectivity index (χ1) is 11.6. The van der Waals surface area contributed by atoms with Gasteiger partial charge in [-0.2, -0.15) is 0 Å². The van der Waals surface area contributed by atoms with Crippen molar-refractivity contribution in [1.82, 2.24) is 9.88 Å². The number of hydrogen-bond acceptors (Lipinski definition) is 3. The van der Waals surface area contributed by atoms with Gasteiger partial charge >= 0.3 is 0 Å². The van der Waals surface area contributed by atoms with Gasteiger partial charge in [0.15, 0.2) is 6.61 Å². The molecule has 0 aliphatic heterocycles. The summed E-state index contributed by atoms with van der Waals surface area (Å²) in [6, 6.07) is 10.7. The Morgan fingerprint density at radius 3 is 2.67 bits per heavy atom. The summed E-state index contributed by atoms with van der Waals surface area (Å²) in [7, 11) is 0. The number of nitrogens with one attached hydrogen (secondary N) is 1. The highest BCUT2D eigenvalue weighted by Gasteiger charge is 2.03. The predicted molar refractivity (Wildman–Crippen MR) is 94.7 cm³/mol. The van der Waals surface area contributed by atoms with Crippen LogP contribution in [0.1, 0.15) is 18.9 Å². The quantitative estimate of drug-likeness (QED) is 0.746. The first-order valence-electron chi connectivity index (χ1n) is 7.93. The van der Waals surface area contributed by atoms with Crippen LogP contribution in [-0.2, 0) is 17.8 Å². The Hall–Kier alpha value is -2.27. The Balaban J connectivity index is 1.67. The van der Waals surface area contributed by atoms with E-state index in [1.54, 1.807) is 12.3 Å². The molecule has 128 valence electrons. The lowest BCUT2D eigenvalue weighted by Crippen LogP contribution is -2.30. The van der Waals surface area contributed by atoms with Gasteiger partial charge in [0.05, 0.1) is 5.02 Å². The summed E-state index contributed by atoms with van der Waals surface area (Å²) in [6.07, 6.45) is 3.20. The van der Waals surface area contributed by atoms with Crippen LogP contribution in [-0.4, -0.2) is 23.6 Å². The summed E-state index contributed by atoms with van der Waals surface area (Å²) < 4.78 is 6.96. The van der Waals surface area contributed by atoms with E-state index in [2.05, 4.69) is 12.2 Å². The lowest BCUT2D eigenvalue weighted by Gasteiger charge is -2.09. The zero-order chi connectivity index (χ0) is 17.4. The van der Waals surface area contributed by atoms with Crippen molar-refractivity contribution in [2.45, 2.75) is 26.3 Å². The van der Waals surface area contributed by atoms with E-state index in [0.29, 0.717) is 30.3 Å². The molecule has 1 heterocycles. The number of aromatic nitrogens is 1. The van der Waals surface area contributed by atoms with Crippen LogP contribution >= 0.6 is 11.6 Å². The number of hydrogen-bond donors (Lipinski definition) is 1. The summed E-state index contributed by atoms with van der Waals surface area (Å²) in [5, 5.41) is 3.28. The van der Waals surface area contributed by atoms with Crippen LogP contribution in [0.3, 0.4) is 0 Å². The van der Waals surface area contributed by atoms with Gasteiger partial charge in [0, 0.05) is 25.4 Å². The van der Waals surface area contributed by atoms with Crippen molar-refractivity contribution in [2.24, 2.45) is 0 Å². The molecule has 1 N–H and O–H groups in total. The Labute approximate surface area is 146 Å². The number of ether oxygens (including phenoxy) is 1. The monoisotopic (exact) mass is 348 g/mol. The highest BCUT2D eigenvalue weighted by Crippen LogP contribution is 2.12. The largest absolute Gasteiger partial charge is 0.484 e. The smallest absolute Gasteiger partial charge is 0.257 e. The normalized spacial score (nSPS) is 10.4. The van der Waals surface area contributed by atoms with Crippen molar-refractivity contribution < 1.29 is 9.53 Å². The Bertz CT molecular complexity index is 726. The maximum atomic E-state index is 11.7. The van der Waals surface area contributed by atoms with E-state index in [9.17, 15) is 9.59 Å². The predicted octanol–water partition coefficient (Wildman–Crippen LogP) is 2.65. The molecule has 0 spiro atoms. The molecule has 0 bridgehead atoms. The van der Waals surface area contributed by atoms with Crippen LogP contribution in [0.15, 0.2) is 47.4 Å². The van der Waals surface area contributed by atoms with Gasteiger partial charge in [0.1, 0.15) is 5.75 Å². The van der Waals surface area contributed by atoms with Crippen molar-refractivity contribution in [2.75, 3.05) is 13.2 Å². The second-order valence-corrected chi connectivity index (χ2v) is 5.81. The third-order valence-electron chi connectivity index (χ3n) is 3.55. The van der Waals surface area contributed by atoms with Crippen LogP contribution in [0.4, 0.5) is 0 Å². The molecule has 0 fully saturated rings. The maximum Gasteiger partial charge on any atom is 0.257 e. The van der Waals surface area contributed by atoms with Crippen molar-refractivity contribution in [3.05, 3.63) is 63.5 Å². The second kappa shape index (κ2) is 9.13. The maximum absolute atomic E-state index is 11.7. The molecular formula is C18H21ClN2O3. The number of carbonyl (C=O) groups is 1. The molecule has 6 heteroatoms. The van der Waals surface area contributed by atoms with Crippen LogP contribution in [0.5, 0.6) is 5.75 Å². The van der Waals surface area contributed by atoms with E-state index in [4.69, 9.17) is 16.3 Å². The van der Waals surface area contributed by atoms with Crippen LogP contribution in [0.2, 0.25) is 5.02 Å². The fourth-order valence-corrected chi connectivity index (χ4v) is 2.36. The van der Waals surface area contributed by atoms with Crippen LogP contribution in [0.25, 0.3) is 0 Å². The van der Waals surface area contributed by atoms with Gasteiger partial charge < -0.3 is 14.6 Å². The third kappa shape index (κ3) is 5.74. The summed E-state index contributed by atoms with van der Waals surface area (Å²) in [5.74, 6) is 0.487. The minimum absolute atomic E-state index is 0.0252. The van der Waals surface area contributed by atoms with E-state index in [0.717, 1.165) is 6.42 Å². The number of benzene rings is 1. The second-order valence-electron chi connectivity index (χ2n) is 5.37.